The SMILES string of the molecule is CCC(C)(C(C)N)N1CCCN(CCO)CC1. The van der Waals surface area contributed by atoms with Crippen LogP contribution < -0.4 is 5.73 Å². The van der Waals surface area contributed by atoms with Crippen LogP contribution in [0.1, 0.15) is 33.6 Å². The topological polar surface area (TPSA) is 52.7 Å². The Morgan fingerprint density at radius 2 is 2.00 bits per heavy atom. The van der Waals surface area contributed by atoms with E-state index in [1.54, 1.807) is 0 Å². The van der Waals surface area contributed by atoms with E-state index in [2.05, 4.69) is 30.6 Å². The van der Waals surface area contributed by atoms with Gasteiger partial charge in [-0.3, -0.25) is 9.80 Å². The minimum Gasteiger partial charge on any atom is -0.395 e. The number of aliphatic hydroxyl groups excluding tert-OH is 1. The van der Waals surface area contributed by atoms with Gasteiger partial charge < -0.3 is 10.8 Å². The van der Waals surface area contributed by atoms with Crippen LogP contribution in [0.4, 0.5) is 0 Å². The largest absolute Gasteiger partial charge is 0.395 e. The third-order valence-electron chi connectivity index (χ3n) is 4.42. The number of hydrogen-bond acceptors (Lipinski definition) is 4. The summed E-state index contributed by atoms with van der Waals surface area (Å²) in [4.78, 5) is 4.88. The summed E-state index contributed by atoms with van der Waals surface area (Å²) in [6.45, 7) is 12.0. The molecule has 1 rings (SSSR count). The van der Waals surface area contributed by atoms with Gasteiger partial charge in [-0.05, 0) is 33.2 Å². The number of rotatable bonds is 5. The highest BCUT2D eigenvalue weighted by Crippen LogP contribution is 2.24. The first kappa shape index (κ1) is 14.9. The maximum absolute atomic E-state index is 9.00. The van der Waals surface area contributed by atoms with Gasteiger partial charge in [0, 0.05) is 37.8 Å². The highest BCUT2D eigenvalue weighted by Gasteiger charge is 2.34. The zero-order valence-electron chi connectivity index (χ0n) is 11.7. The number of nitrogens with two attached hydrogens (primary N) is 1. The lowest BCUT2D eigenvalue weighted by atomic mass is 9.88. The van der Waals surface area contributed by atoms with Crippen LogP contribution in [0.25, 0.3) is 0 Å². The molecular formula is C13H29N3O. The molecule has 0 aromatic carbocycles. The fourth-order valence-corrected chi connectivity index (χ4v) is 2.68. The first-order valence-corrected chi connectivity index (χ1v) is 6.88. The van der Waals surface area contributed by atoms with Crippen LogP contribution in [-0.4, -0.2) is 65.8 Å². The Hall–Kier alpha value is -0.160. The van der Waals surface area contributed by atoms with Crippen LogP contribution in [0, 0.1) is 0 Å². The van der Waals surface area contributed by atoms with E-state index in [4.69, 9.17) is 10.8 Å². The van der Waals surface area contributed by atoms with Crippen molar-refractivity contribution in [1.29, 1.82) is 0 Å². The second-order valence-corrected chi connectivity index (χ2v) is 5.41. The Bertz CT molecular complexity index is 223. The van der Waals surface area contributed by atoms with Crippen molar-refractivity contribution in [3.63, 3.8) is 0 Å². The third kappa shape index (κ3) is 3.65. The average Bonchev–Trinajstić information content (AvgIpc) is 2.54. The molecule has 1 heterocycles. The lowest BCUT2D eigenvalue weighted by Gasteiger charge is -2.43. The number of β-amino-alcohol motifs (C(OH)–C–C–N with tert-alkyl or cyclic N) is 1. The predicted octanol–water partition coefficient (Wildman–Crippen LogP) is 0.502. The molecule has 0 aromatic heterocycles. The molecule has 0 aromatic rings. The Labute approximate surface area is 106 Å². The van der Waals surface area contributed by atoms with Crippen LogP contribution in [0.3, 0.4) is 0 Å². The quantitative estimate of drug-likeness (QED) is 0.738. The zero-order valence-corrected chi connectivity index (χ0v) is 11.7. The molecule has 0 bridgehead atoms. The van der Waals surface area contributed by atoms with Crippen LogP contribution in [-0.2, 0) is 0 Å². The normalized spacial score (nSPS) is 25.2. The van der Waals surface area contributed by atoms with Crippen LogP contribution in [0.15, 0.2) is 0 Å². The smallest absolute Gasteiger partial charge is 0.0558 e. The third-order valence-corrected chi connectivity index (χ3v) is 4.42. The molecule has 0 aliphatic carbocycles. The van der Waals surface area contributed by atoms with E-state index in [-0.39, 0.29) is 18.2 Å². The molecule has 1 aliphatic rings. The van der Waals surface area contributed by atoms with E-state index in [1.165, 1.54) is 6.42 Å². The summed E-state index contributed by atoms with van der Waals surface area (Å²) >= 11 is 0. The second kappa shape index (κ2) is 6.69. The van der Waals surface area contributed by atoms with Gasteiger partial charge >= 0.3 is 0 Å². The van der Waals surface area contributed by atoms with Crippen molar-refractivity contribution in [2.75, 3.05) is 39.3 Å². The van der Waals surface area contributed by atoms with Gasteiger partial charge in [-0.25, -0.2) is 0 Å². The molecule has 17 heavy (non-hydrogen) atoms. The molecule has 102 valence electrons. The van der Waals surface area contributed by atoms with Crippen molar-refractivity contribution in [1.82, 2.24) is 9.80 Å². The van der Waals surface area contributed by atoms with Crippen molar-refractivity contribution < 1.29 is 5.11 Å². The Morgan fingerprint density at radius 1 is 1.29 bits per heavy atom. The van der Waals surface area contributed by atoms with E-state index in [0.29, 0.717) is 0 Å². The summed E-state index contributed by atoms with van der Waals surface area (Å²) in [5, 5.41) is 9.00. The summed E-state index contributed by atoms with van der Waals surface area (Å²) < 4.78 is 0. The molecule has 0 amide bonds. The van der Waals surface area contributed by atoms with E-state index in [0.717, 1.165) is 39.1 Å². The minimum atomic E-state index is 0.106. The molecular weight excluding hydrogens is 214 g/mol. The zero-order chi connectivity index (χ0) is 12.9. The molecule has 1 fully saturated rings. The number of nitrogens with zero attached hydrogens (tertiary/aromatic N) is 2. The highest BCUT2D eigenvalue weighted by molar-refractivity contribution is 4.93. The van der Waals surface area contributed by atoms with Gasteiger partial charge in [-0.2, -0.15) is 0 Å². The monoisotopic (exact) mass is 243 g/mol. The molecule has 0 saturated carbocycles. The molecule has 4 heteroatoms. The summed E-state index contributed by atoms with van der Waals surface area (Å²) in [6, 6.07) is 0.192. The van der Waals surface area contributed by atoms with Gasteiger partial charge in [0.1, 0.15) is 0 Å². The molecule has 0 radical (unpaired) electrons. The molecule has 2 unspecified atom stereocenters. The van der Waals surface area contributed by atoms with E-state index < -0.39 is 0 Å². The summed E-state index contributed by atoms with van der Waals surface area (Å²) in [5.41, 5.74) is 6.27. The van der Waals surface area contributed by atoms with Gasteiger partial charge in [0.15, 0.2) is 0 Å². The van der Waals surface area contributed by atoms with E-state index in [1.807, 2.05) is 0 Å². The minimum absolute atomic E-state index is 0.106. The van der Waals surface area contributed by atoms with Crippen LogP contribution in [0.5, 0.6) is 0 Å². The van der Waals surface area contributed by atoms with Gasteiger partial charge in [0.25, 0.3) is 0 Å². The Morgan fingerprint density at radius 3 is 2.53 bits per heavy atom. The average molecular weight is 243 g/mol. The van der Waals surface area contributed by atoms with E-state index >= 15 is 0 Å². The number of hydrogen-bond donors (Lipinski definition) is 2. The molecule has 1 aliphatic heterocycles. The maximum atomic E-state index is 9.00. The predicted molar refractivity (Wildman–Crippen MR) is 72.1 cm³/mol. The summed E-state index contributed by atoms with van der Waals surface area (Å²) in [6.07, 6.45) is 2.26. The van der Waals surface area contributed by atoms with Crippen molar-refractivity contribution in [2.24, 2.45) is 5.73 Å². The van der Waals surface area contributed by atoms with Crippen molar-refractivity contribution in [2.45, 2.75) is 45.2 Å². The van der Waals surface area contributed by atoms with Crippen molar-refractivity contribution in [3.05, 3.63) is 0 Å². The van der Waals surface area contributed by atoms with Gasteiger partial charge in [-0.15, -0.1) is 0 Å². The van der Waals surface area contributed by atoms with Gasteiger partial charge in [0.2, 0.25) is 0 Å². The first-order valence-electron chi connectivity index (χ1n) is 6.88. The molecule has 3 N–H and O–H groups in total. The second-order valence-electron chi connectivity index (χ2n) is 5.41. The van der Waals surface area contributed by atoms with Crippen molar-refractivity contribution in [3.8, 4) is 0 Å². The number of aliphatic hydroxyl groups is 1. The highest BCUT2D eigenvalue weighted by atomic mass is 16.3. The standard InChI is InChI=1S/C13H29N3O/c1-4-13(3,12(2)14)16-7-5-6-15(8-9-16)10-11-17/h12,17H,4-11,14H2,1-3H3. The lowest BCUT2D eigenvalue weighted by molar-refractivity contribution is 0.0813. The molecule has 4 nitrogen and oxygen atoms in total. The first-order chi connectivity index (χ1) is 8.04. The maximum Gasteiger partial charge on any atom is 0.0558 e. The molecule has 1 saturated heterocycles. The summed E-state index contributed by atoms with van der Waals surface area (Å²) in [5.74, 6) is 0. The van der Waals surface area contributed by atoms with Gasteiger partial charge in [0.05, 0.1) is 6.61 Å². The molecule has 2 atom stereocenters. The Balaban J connectivity index is 2.60. The van der Waals surface area contributed by atoms with Crippen LogP contribution in [0.2, 0.25) is 0 Å². The Kier molecular flexibility index (Phi) is 5.86. The lowest BCUT2D eigenvalue weighted by Crippen LogP contribution is -2.57. The summed E-state index contributed by atoms with van der Waals surface area (Å²) in [7, 11) is 0. The fourth-order valence-electron chi connectivity index (χ4n) is 2.68. The van der Waals surface area contributed by atoms with Gasteiger partial charge in [-0.1, -0.05) is 6.92 Å². The molecule has 0 spiro atoms. The van der Waals surface area contributed by atoms with Crippen molar-refractivity contribution >= 4 is 0 Å². The van der Waals surface area contributed by atoms with E-state index in [9.17, 15) is 0 Å². The van der Waals surface area contributed by atoms with Crippen LogP contribution >= 0.6 is 0 Å². The fraction of sp³-hybridized carbons (Fsp3) is 1.00.